The van der Waals surface area contributed by atoms with Gasteiger partial charge < -0.3 is 24.8 Å². The Morgan fingerprint density at radius 2 is 1.15 bits per heavy atom. The summed E-state index contributed by atoms with van der Waals surface area (Å²) in [5, 5.41) is 5.45. The summed E-state index contributed by atoms with van der Waals surface area (Å²) in [6.07, 6.45) is -1.58. The number of esters is 1. The summed E-state index contributed by atoms with van der Waals surface area (Å²) in [5.41, 5.74) is 4.67. The summed E-state index contributed by atoms with van der Waals surface area (Å²) in [7, 11) is 1.57. The molecular formula is C44H44N2O6. The number of rotatable bonds is 11. The van der Waals surface area contributed by atoms with Gasteiger partial charge in [-0.2, -0.15) is 0 Å². The third-order valence-corrected chi connectivity index (χ3v) is 9.27. The van der Waals surface area contributed by atoms with E-state index in [1.165, 1.54) is 0 Å². The van der Waals surface area contributed by atoms with Crippen molar-refractivity contribution in [3.8, 4) is 11.1 Å². The second kappa shape index (κ2) is 15.3. The third kappa shape index (κ3) is 7.48. The Hall–Kier alpha value is -5.73. The van der Waals surface area contributed by atoms with Crippen LogP contribution in [-0.4, -0.2) is 49.4 Å². The largest absolute Gasteiger partial charge is 0.449 e. The average Bonchev–Trinajstić information content (AvgIpc) is 3.48. The van der Waals surface area contributed by atoms with Gasteiger partial charge in [-0.1, -0.05) is 121 Å². The van der Waals surface area contributed by atoms with Gasteiger partial charge in [-0.05, 0) is 62.1 Å². The first-order valence-electron chi connectivity index (χ1n) is 17.5. The van der Waals surface area contributed by atoms with E-state index >= 15 is 0 Å². The highest BCUT2D eigenvalue weighted by Crippen LogP contribution is 2.45. The highest BCUT2D eigenvalue weighted by molar-refractivity contribution is 5.94. The van der Waals surface area contributed by atoms with Gasteiger partial charge in [-0.25, -0.2) is 9.59 Å². The van der Waals surface area contributed by atoms with Crippen molar-refractivity contribution in [2.75, 3.05) is 13.7 Å². The second-order valence-electron chi connectivity index (χ2n) is 13.9. The van der Waals surface area contributed by atoms with Crippen molar-refractivity contribution in [2.45, 2.75) is 57.0 Å². The van der Waals surface area contributed by atoms with E-state index in [0.717, 1.165) is 22.3 Å². The van der Waals surface area contributed by atoms with Crippen LogP contribution in [0.4, 0.5) is 4.79 Å². The molecule has 5 aromatic carbocycles. The molecule has 8 heteroatoms. The minimum atomic E-state index is -1.47. The van der Waals surface area contributed by atoms with E-state index in [9.17, 15) is 14.4 Å². The highest BCUT2D eigenvalue weighted by atomic mass is 16.6. The van der Waals surface area contributed by atoms with Crippen LogP contribution in [0, 0.1) is 0 Å². The summed E-state index contributed by atoms with van der Waals surface area (Å²) >= 11 is 0. The molecule has 8 nitrogen and oxygen atoms in total. The number of hydrogen-bond acceptors (Lipinski definition) is 6. The van der Waals surface area contributed by atoms with E-state index in [0.29, 0.717) is 22.3 Å². The summed E-state index contributed by atoms with van der Waals surface area (Å²) in [4.78, 5) is 40.9. The molecule has 52 heavy (non-hydrogen) atoms. The van der Waals surface area contributed by atoms with Crippen LogP contribution in [0.2, 0.25) is 0 Å². The van der Waals surface area contributed by atoms with Gasteiger partial charge in [0.1, 0.15) is 6.61 Å². The lowest BCUT2D eigenvalue weighted by Crippen LogP contribution is -2.53. The molecule has 0 fully saturated rings. The van der Waals surface area contributed by atoms with E-state index in [1.807, 2.05) is 106 Å². The zero-order chi connectivity index (χ0) is 36.9. The zero-order valence-electron chi connectivity index (χ0n) is 30.1. The molecule has 1 aliphatic rings. The zero-order valence-corrected chi connectivity index (χ0v) is 30.1. The molecule has 0 heterocycles. The molecule has 0 bridgehead atoms. The Morgan fingerprint density at radius 1 is 0.673 bits per heavy atom. The third-order valence-electron chi connectivity index (χ3n) is 9.27. The van der Waals surface area contributed by atoms with Crippen LogP contribution in [0.25, 0.3) is 11.1 Å². The molecular weight excluding hydrogens is 652 g/mol. The fourth-order valence-corrected chi connectivity index (χ4v) is 7.00. The molecule has 0 saturated heterocycles. The van der Waals surface area contributed by atoms with E-state index < -0.39 is 35.4 Å². The number of alkyl carbamates (subject to hydrolysis) is 1. The summed E-state index contributed by atoms with van der Waals surface area (Å²) in [6, 6.07) is 40.7. The number of hydrogen-bond donors (Lipinski definition) is 2. The van der Waals surface area contributed by atoms with Gasteiger partial charge in [0.15, 0.2) is 11.6 Å². The van der Waals surface area contributed by atoms with Gasteiger partial charge >= 0.3 is 12.1 Å². The molecule has 0 radical (unpaired) electrons. The standard InChI is InChI=1S/C44H44N2O6/c1-29(51-43(2,3)4)39(46-42(49)50-28-38-36-22-14-12-20-34(36)35-21-13-15-23-37(35)38)41(48)52-44(31-16-8-6-9-17-31,32-18-10-7-11-19-32)33-26-24-30(25-27-33)40(47)45-5/h6-27,29,38-39H,28H2,1-5H3,(H,45,47)(H,46,49)/t29-,39+/m1/s1. The van der Waals surface area contributed by atoms with Crippen molar-refractivity contribution in [1.29, 1.82) is 0 Å². The number of benzene rings is 5. The molecule has 6 rings (SSSR count). The average molecular weight is 697 g/mol. The first kappa shape index (κ1) is 36.1. The summed E-state index contributed by atoms with van der Waals surface area (Å²) < 4.78 is 18.8. The van der Waals surface area contributed by atoms with Crippen molar-refractivity contribution in [3.05, 3.63) is 167 Å². The molecule has 0 saturated carbocycles. The summed E-state index contributed by atoms with van der Waals surface area (Å²) in [6.45, 7) is 7.44. The lowest BCUT2D eigenvalue weighted by molar-refractivity contribution is -0.163. The molecule has 0 spiro atoms. The number of carbonyl (C=O) groups excluding carboxylic acids is 3. The first-order chi connectivity index (χ1) is 25.0. The SMILES string of the molecule is CNC(=O)c1ccc(C(OC(=O)[C@@H](NC(=O)OCC2c3ccccc3-c3ccccc32)[C@@H](C)OC(C)(C)C)(c2ccccc2)c2ccccc2)cc1. The molecule has 2 amide bonds. The van der Waals surface area contributed by atoms with Crippen molar-refractivity contribution < 1.29 is 28.6 Å². The predicted molar refractivity (Wildman–Crippen MR) is 201 cm³/mol. The normalized spacial score (nSPS) is 13.6. The van der Waals surface area contributed by atoms with Gasteiger partial charge in [-0.15, -0.1) is 0 Å². The van der Waals surface area contributed by atoms with Crippen molar-refractivity contribution in [3.63, 3.8) is 0 Å². The van der Waals surface area contributed by atoms with Gasteiger partial charge in [0.2, 0.25) is 0 Å². The molecule has 2 atom stereocenters. The van der Waals surface area contributed by atoms with Crippen LogP contribution in [0.3, 0.4) is 0 Å². The number of amides is 2. The Labute approximate surface area is 305 Å². The van der Waals surface area contributed by atoms with Crippen LogP contribution < -0.4 is 10.6 Å². The van der Waals surface area contributed by atoms with Crippen LogP contribution >= 0.6 is 0 Å². The van der Waals surface area contributed by atoms with Crippen LogP contribution in [0.15, 0.2) is 133 Å². The molecule has 5 aromatic rings. The predicted octanol–water partition coefficient (Wildman–Crippen LogP) is 7.99. The minimum Gasteiger partial charge on any atom is -0.449 e. The van der Waals surface area contributed by atoms with Gasteiger partial charge in [-0.3, -0.25) is 4.79 Å². The number of ether oxygens (including phenoxy) is 3. The molecule has 0 aliphatic heterocycles. The number of nitrogens with one attached hydrogen (secondary N) is 2. The number of fused-ring (bicyclic) bond motifs is 3. The minimum absolute atomic E-state index is 0.0752. The topological polar surface area (TPSA) is 103 Å². The lowest BCUT2D eigenvalue weighted by Gasteiger charge is -2.38. The molecule has 0 aromatic heterocycles. The Kier molecular flexibility index (Phi) is 10.6. The van der Waals surface area contributed by atoms with E-state index in [2.05, 4.69) is 34.9 Å². The molecule has 1 aliphatic carbocycles. The lowest BCUT2D eigenvalue weighted by atomic mass is 9.79. The van der Waals surface area contributed by atoms with E-state index in [4.69, 9.17) is 14.2 Å². The quantitative estimate of drug-likeness (QED) is 0.107. The second-order valence-corrected chi connectivity index (χ2v) is 13.9. The first-order valence-corrected chi connectivity index (χ1v) is 17.5. The van der Waals surface area contributed by atoms with Crippen LogP contribution in [-0.2, 0) is 24.6 Å². The smallest absolute Gasteiger partial charge is 0.407 e. The summed E-state index contributed by atoms with van der Waals surface area (Å²) in [5.74, 6) is -1.13. The highest BCUT2D eigenvalue weighted by Gasteiger charge is 2.44. The maximum Gasteiger partial charge on any atom is 0.407 e. The van der Waals surface area contributed by atoms with Gasteiger partial charge in [0.05, 0.1) is 11.7 Å². The van der Waals surface area contributed by atoms with E-state index in [1.54, 1.807) is 38.2 Å². The molecule has 0 unspecified atom stereocenters. The van der Waals surface area contributed by atoms with Crippen LogP contribution in [0.1, 0.15) is 71.8 Å². The van der Waals surface area contributed by atoms with Gasteiger partial charge in [0, 0.05) is 35.2 Å². The van der Waals surface area contributed by atoms with Crippen molar-refractivity contribution >= 4 is 18.0 Å². The monoisotopic (exact) mass is 696 g/mol. The maximum atomic E-state index is 14.7. The maximum absolute atomic E-state index is 14.7. The van der Waals surface area contributed by atoms with Crippen molar-refractivity contribution in [1.82, 2.24) is 10.6 Å². The molecule has 2 N–H and O–H groups in total. The fourth-order valence-electron chi connectivity index (χ4n) is 7.00. The fraction of sp³-hybridized carbons (Fsp3) is 0.250. The van der Waals surface area contributed by atoms with E-state index in [-0.39, 0.29) is 18.4 Å². The number of carbonyl (C=O) groups is 3. The van der Waals surface area contributed by atoms with Crippen molar-refractivity contribution in [2.24, 2.45) is 0 Å². The Morgan fingerprint density at radius 3 is 1.65 bits per heavy atom. The Balaban J connectivity index is 1.34. The Bertz CT molecular complexity index is 1940. The van der Waals surface area contributed by atoms with Crippen LogP contribution in [0.5, 0.6) is 0 Å². The molecule has 266 valence electrons. The van der Waals surface area contributed by atoms with Gasteiger partial charge in [0.25, 0.3) is 5.91 Å².